The summed E-state index contributed by atoms with van der Waals surface area (Å²) >= 11 is 0. The third kappa shape index (κ3) is 4.60. The van der Waals surface area contributed by atoms with Crippen molar-refractivity contribution in [2.24, 2.45) is 0 Å². The number of fused-ring (bicyclic) bond motifs is 4. The molecule has 6 aromatic carbocycles. The molecule has 5 nitrogen and oxygen atoms in total. The van der Waals surface area contributed by atoms with Crippen LogP contribution in [-0.2, 0) is 0 Å². The third-order valence-electron chi connectivity index (χ3n) is 10.1. The number of aromatic nitrogens is 2. The Bertz CT molecular complexity index is 2100. The Balaban J connectivity index is 1.01. The Morgan fingerprint density at radius 2 is 0.939 bits per heavy atom. The van der Waals surface area contributed by atoms with Crippen LogP contribution in [-0.4, -0.2) is 30.7 Å². The maximum Gasteiger partial charge on any atom is 0.258 e. The Kier molecular flexibility index (Phi) is 6.73. The predicted molar refractivity (Wildman–Crippen MR) is 207 cm³/mol. The van der Waals surface area contributed by atoms with Crippen LogP contribution in [0.25, 0.3) is 22.8 Å². The number of nitrogens with zero attached hydrogens (tertiary/aromatic N) is 4. The lowest BCUT2D eigenvalue weighted by molar-refractivity contribution is 0.432. The molecule has 2 aliphatic rings. The molecule has 0 bridgehead atoms. The van der Waals surface area contributed by atoms with Gasteiger partial charge in [0.2, 0.25) is 5.82 Å². The summed E-state index contributed by atoms with van der Waals surface area (Å²) in [6, 6.07) is 52.2. The summed E-state index contributed by atoms with van der Waals surface area (Å²) in [5.74, 6) is 1.07. The molecule has 49 heavy (non-hydrogen) atoms. The zero-order valence-corrected chi connectivity index (χ0v) is 29.8. The largest absolute Gasteiger partial charge is 0.334 e. The van der Waals surface area contributed by atoms with Gasteiger partial charge in [0.1, 0.15) is 8.07 Å². The van der Waals surface area contributed by atoms with Gasteiger partial charge in [-0.3, -0.25) is 0 Å². The van der Waals surface area contributed by atoms with Crippen LogP contribution in [0.2, 0.25) is 13.1 Å². The normalized spacial score (nSPS) is 15.8. The molecular weight excluding hydrogens is 637 g/mol. The van der Waals surface area contributed by atoms with Crippen LogP contribution >= 0.6 is 10.0 Å². The highest BCUT2D eigenvalue weighted by Gasteiger charge is 2.38. The first kappa shape index (κ1) is 29.7. The van der Waals surface area contributed by atoms with Crippen molar-refractivity contribution in [2.45, 2.75) is 22.9 Å². The summed E-state index contributed by atoms with van der Waals surface area (Å²) in [5.41, 5.74) is 9.00. The second-order valence-corrected chi connectivity index (χ2v) is 21.5. The molecular formula is C42H36N4OSSi. The number of anilines is 6. The molecule has 0 saturated heterocycles. The molecule has 0 N–H and O–H groups in total. The van der Waals surface area contributed by atoms with Crippen LogP contribution in [0.5, 0.6) is 0 Å². The molecule has 0 fully saturated rings. The van der Waals surface area contributed by atoms with Gasteiger partial charge in [0, 0.05) is 43.7 Å². The molecule has 2 aliphatic heterocycles. The van der Waals surface area contributed by atoms with Gasteiger partial charge in [-0.1, -0.05) is 78.9 Å². The molecule has 0 spiro atoms. The maximum absolute atomic E-state index is 5.82. The molecule has 0 unspecified atom stereocenters. The van der Waals surface area contributed by atoms with Crippen molar-refractivity contribution >= 4 is 62.6 Å². The highest BCUT2D eigenvalue weighted by molar-refractivity contribution is 8.33. The molecule has 0 saturated carbocycles. The van der Waals surface area contributed by atoms with Crippen molar-refractivity contribution in [1.29, 1.82) is 0 Å². The van der Waals surface area contributed by atoms with Gasteiger partial charge in [-0.25, -0.2) is 0 Å². The molecule has 1 aromatic heterocycles. The molecule has 0 radical (unpaired) electrons. The third-order valence-corrected chi connectivity index (χ3v) is 16.6. The molecule has 9 rings (SSSR count). The van der Waals surface area contributed by atoms with Crippen LogP contribution in [0.1, 0.15) is 0 Å². The summed E-state index contributed by atoms with van der Waals surface area (Å²) in [5, 5.41) is 7.28. The van der Waals surface area contributed by atoms with Gasteiger partial charge < -0.3 is 14.3 Å². The van der Waals surface area contributed by atoms with E-state index in [0.717, 1.165) is 22.5 Å². The van der Waals surface area contributed by atoms with E-state index in [0.29, 0.717) is 11.7 Å². The zero-order chi connectivity index (χ0) is 33.3. The average Bonchev–Trinajstić information content (AvgIpc) is 3.63. The number of benzene rings is 6. The summed E-state index contributed by atoms with van der Waals surface area (Å²) in [6.07, 6.45) is 4.78. The highest BCUT2D eigenvalue weighted by Crippen LogP contribution is 2.67. The van der Waals surface area contributed by atoms with Crippen molar-refractivity contribution in [1.82, 2.24) is 10.1 Å². The lowest BCUT2D eigenvalue weighted by Crippen LogP contribution is -2.58. The van der Waals surface area contributed by atoms with Gasteiger partial charge >= 0.3 is 0 Å². The van der Waals surface area contributed by atoms with E-state index >= 15 is 0 Å². The minimum absolute atomic E-state index is 0.502. The topological polar surface area (TPSA) is 45.4 Å². The van der Waals surface area contributed by atoms with Crippen LogP contribution in [0.4, 0.5) is 34.1 Å². The minimum atomic E-state index is -1.83. The summed E-state index contributed by atoms with van der Waals surface area (Å²) in [7, 11) is -2.96. The Hall–Kier alpha value is -5.37. The lowest BCUT2D eigenvalue weighted by atomic mass is 10.1. The first-order valence-electron chi connectivity index (χ1n) is 16.6. The first-order valence-corrected chi connectivity index (χ1v) is 22.0. The molecule has 3 heterocycles. The van der Waals surface area contributed by atoms with Crippen molar-refractivity contribution in [3.05, 3.63) is 146 Å². The molecule has 7 heteroatoms. The summed E-state index contributed by atoms with van der Waals surface area (Å²) in [6.45, 7) is 4.89. The number of hydrogen-bond acceptors (Lipinski definition) is 5. The second kappa shape index (κ2) is 11.1. The predicted octanol–water partition coefficient (Wildman–Crippen LogP) is 10.3. The van der Waals surface area contributed by atoms with E-state index in [-0.39, 0.29) is 0 Å². The van der Waals surface area contributed by atoms with Crippen molar-refractivity contribution in [3.8, 4) is 22.8 Å². The zero-order valence-electron chi connectivity index (χ0n) is 28.0. The van der Waals surface area contributed by atoms with Gasteiger partial charge in [-0.2, -0.15) is 15.0 Å². The summed E-state index contributed by atoms with van der Waals surface area (Å²) in [4.78, 5) is 12.4. The molecule has 7 aromatic rings. The number of hydrogen-bond donors (Lipinski definition) is 0. The van der Waals surface area contributed by atoms with Gasteiger partial charge in [0.15, 0.2) is 0 Å². The fraction of sp³-hybridized carbons (Fsp3) is 0.0952. The number of rotatable bonds is 4. The average molecular weight is 673 g/mol. The molecule has 0 atom stereocenters. The van der Waals surface area contributed by atoms with Gasteiger partial charge in [0.25, 0.3) is 5.89 Å². The number of para-hydroxylation sites is 4. The van der Waals surface area contributed by atoms with Crippen LogP contribution < -0.4 is 20.2 Å². The van der Waals surface area contributed by atoms with Crippen LogP contribution in [0.3, 0.4) is 0 Å². The van der Waals surface area contributed by atoms with E-state index in [1.54, 1.807) is 0 Å². The summed E-state index contributed by atoms with van der Waals surface area (Å²) < 4.78 is 5.82. The second-order valence-electron chi connectivity index (χ2n) is 13.6. The van der Waals surface area contributed by atoms with E-state index in [2.05, 4.69) is 186 Å². The Labute approximate surface area is 289 Å². The van der Waals surface area contributed by atoms with E-state index in [4.69, 9.17) is 9.51 Å². The van der Waals surface area contributed by atoms with Gasteiger partial charge in [-0.15, -0.1) is 0 Å². The standard InChI is InChI=1S/C42H36N4OSSi/c1-48(2)37-17-9-5-13-33(37)45(34-14-6-10-18-38(34)48)31-27-23-30(24-28-31)42-43-41(44-47-42)29-21-25-32(26-22-29)46-35-15-7-11-19-39(35)49(3,4)40-20-12-8-16-36(40)46/h5-28H,1-4H3. The minimum Gasteiger partial charge on any atom is -0.334 e. The van der Waals surface area contributed by atoms with Gasteiger partial charge in [0.05, 0.1) is 11.4 Å². The van der Waals surface area contributed by atoms with Crippen molar-refractivity contribution < 1.29 is 4.52 Å². The van der Waals surface area contributed by atoms with E-state index in [1.165, 1.54) is 42.9 Å². The van der Waals surface area contributed by atoms with Crippen LogP contribution in [0, 0.1) is 0 Å². The van der Waals surface area contributed by atoms with Gasteiger partial charge in [-0.05, 0) is 108 Å². The van der Waals surface area contributed by atoms with E-state index < -0.39 is 18.1 Å². The first-order chi connectivity index (χ1) is 23.8. The van der Waals surface area contributed by atoms with Crippen molar-refractivity contribution in [3.63, 3.8) is 0 Å². The lowest BCUT2D eigenvalue weighted by Gasteiger charge is -2.45. The quantitative estimate of drug-likeness (QED) is 0.174. The Morgan fingerprint density at radius 3 is 1.47 bits per heavy atom. The molecule has 240 valence electrons. The molecule has 0 amide bonds. The molecule has 0 aliphatic carbocycles. The highest BCUT2D eigenvalue weighted by atomic mass is 32.3. The van der Waals surface area contributed by atoms with E-state index in [1.807, 2.05) is 0 Å². The van der Waals surface area contributed by atoms with Crippen LogP contribution in [0.15, 0.2) is 160 Å². The van der Waals surface area contributed by atoms with E-state index in [9.17, 15) is 0 Å². The Morgan fingerprint density at radius 1 is 0.510 bits per heavy atom. The monoisotopic (exact) mass is 672 g/mol. The SMILES string of the molecule is C[Si]1(C)c2ccccc2N(c2ccc(-c3noc(-c4ccc(N5c6ccccc6S(C)(C)c6ccccc65)cc4)n3)cc2)c2ccccc21. The maximum atomic E-state index is 5.82. The smallest absolute Gasteiger partial charge is 0.258 e. The fourth-order valence-corrected chi connectivity index (χ4v) is 13.0. The fourth-order valence-electron chi connectivity index (χ4n) is 7.59. The van der Waals surface area contributed by atoms with Crippen molar-refractivity contribution in [2.75, 3.05) is 22.3 Å².